The van der Waals surface area contributed by atoms with E-state index >= 15 is 0 Å². The van der Waals surface area contributed by atoms with Crippen LogP contribution < -0.4 is 11.5 Å². The lowest BCUT2D eigenvalue weighted by atomic mass is 9.82. The van der Waals surface area contributed by atoms with E-state index in [9.17, 15) is 20.4 Å². The molecule has 8 N–H and O–H groups in total. The maximum Gasteiger partial charge on any atom is 0.0992 e. The smallest absolute Gasteiger partial charge is 0.0992 e. The molecule has 1 fully saturated rings. The van der Waals surface area contributed by atoms with Crippen LogP contribution in [0.5, 0.6) is 0 Å². The molecule has 6 atom stereocenters. The maximum absolute atomic E-state index is 9.18. The summed E-state index contributed by atoms with van der Waals surface area (Å²) in [5.41, 5.74) is 10.6. The lowest BCUT2D eigenvalue weighted by molar-refractivity contribution is -0.131. The van der Waals surface area contributed by atoms with E-state index in [0.717, 1.165) is 0 Å². The third-order valence-electron chi connectivity index (χ3n) is 2.28. The van der Waals surface area contributed by atoms with Crippen molar-refractivity contribution in [2.75, 3.05) is 0 Å². The molecule has 2 unspecified atom stereocenters. The summed E-state index contributed by atoms with van der Waals surface area (Å²) in [6, 6.07) is -2.12. The molecule has 0 aromatic rings. The quantitative estimate of drug-likeness (QED) is 0.224. The molecule has 0 radical (unpaired) electrons. The second-order valence-electron chi connectivity index (χ2n) is 3.12. The van der Waals surface area contributed by atoms with Crippen molar-refractivity contribution in [1.29, 1.82) is 0 Å². The van der Waals surface area contributed by atoms with Crippen LogP contribution in [0.15, 0.2) is 0 Å². The van der Waals surface area contributed by atoms with Gasteiger partial charge in [-0.1, -0.05) is 0 Å². The molecule has 0 saturated heterocycles. The number of aliphatic hydroxyl groups excluding tert-OH is 4. The van der Waals surface area contributed by atoms with Crippen molar-refractivity contribution in [2.45, 2.75) is 36.5 Å². The molecular weight excluding hydrogens is 164 g/mol. The van der Waals surface area contributed by atoms with Crippen LogP contribution in [-0.2, 0) is 0 Å². The predicted octanol–water partition coefficient (Wildman–Crippen LogP) is -3.90. The van der Waals surface area contributed by atoms with Crippen LogP contribution in [0.4, 0.5) is 0 Å². The van der Waals surface area contributed by atoms with E-state index in [-0.39, 0.29) is 0 Å². The normalized spacial score (nSPS) is 55.5. The summed E-state index contributed by atoms with van der Waals surface area (Å²) >= 11 is 0. The molecule has 72 valence electrons. The molecule has 6 nitrogen and oxygen atoms in total. The van der Waals surface area contributed by atoms with E-state index in [1.165, 1.54) is 0 Å². The number of rotatable bonds is 0. The Bertz CT molecular complexity index is 109. The lowest BCUT2D eigenvalue weighted by Crippen LogP contribution is -2.68. The molecule has 0 bridgehead atoms. The molecule has 1 saturated carbocycles. The fourth-order valence-electron chi connectivity index (χ4n) is 1.31. The van der Waals surface area contributed by atoms with Gasteiger partial charge in [-0.05, 0) is 0 Å². The highest BCUT2D eigenvalue weighted by molar-refractivity contribution is 5.02. The van der Waals surface area contributed by atoms with Crippen LogP contribution >= 0.6 is 0 Å². The van der Waals surface area contributed by atoms with Gasteiger partial charge < -0.3 is 31.9 Å². The highest BCUT2D eigenvalue weighted by Gasteiger charge is 2.45. The van der Waals surface area contributed by atoms with Crippen molar-refractivity contribution in [3.8, 4) is 0 Å². The van der Waals surface area contributed by atoms with E-state index in [1.807, 2.05) is 0 Å². The average Bonchev–Trinajstić information content (AvgIpc) is 2.08. The van der Waals surface area contributed by atoms with Gasteiger partial charge in [-0.3, -0.25) is 0 Å². The Labute approximate surface area is 69.4 Å². The SMILES string of the molecule is NC1[C@@H](O)[C@H](O)C(N)[C@H](O)[C@@H]1O. The molecule has 12 heavy (non-hydrogen) atoms. The van der Waals surface area contributed by atoms with Crippen molar-refractivity contribution >= 4 is 0 Å². The van der Waals surface area contributed by atoms with Crippen LogP contribution in [0.1, 0.15) is 0 Å². The van der Waals surface area contributed by atoms with E-state index in [4.69, 9.17) is 11.5 Å². The number of nitrogens with two attached hydrogens (primary N) is 2. The van der Waals surface area contributed by atoms with Crippen molar-refractivity contribution < 1.29 is 20.4 Å². The van der Waals surface area contributed by atoms with Gasteiger partial charge in [0.2, 0.25) is 0 Å². The predicted molar refractivity (Wildman–Crippen MR) is 40.0 cm³/mol. The molecule has 0 aromatic heterocycles. The molecule has 0 amide bonds. The Balaban J connectivity index is 2.76. The minimum atomic E-state index is -1.29. The topological polar surface area (TPSA) is 133 Å². The summed E-state index contributed by atoms with van der Waals surface area (Å²) in [6.45, 7) is 0. The van der Waals surface area contributed by atoms with Crippen LogP contribution in [0, 0.1) is 0 Å². The van der Waals surface area contributed by atoms with Crippen LogP contribution in [0.3, 0.4) is 0 Å². The summed E-state index contributed by atoms with van der Waals surface area (Å²) in [7, 11) is 0. The second-order valence-corrected chi connectivity index (χ2v) is 3.12. The maximum atomic E-state index is 9.18. The zero-order chi connectivity index (χ0) is 9.46. The summed E-state index contributed by atoms with van der Waals surface area (Å²) < 4.78 is 0. The molecule has 0 heterocycles. The van der Waals surface area contributed by atoms with Gasteiger partial charge in [0.1, 0.15) is 0 Å². The molecule has 0 aliphatic heterocycles. The Morgan fingerprint density at radius 1 is 0.583 bits per heavy atom. The average molecular weight is 178 g/mol. The minimum absolute atomic E-state index is 1.06. The zero-order valence-electron chi connectivity index (χ0n) is 6.41. The minimum Gasteiger partial charge on any atom is -0.389 e. The van der Waals surface area contributed by atoms with Gasteiger partial charge >= 0.3 is 0 Å². The molecule has 0 spiro atoms. The highest BCUT2D eigenvalue weighted by atomic mass is 16.4. The van der Waals surface area contributed by atoms with E-state index in [2.05, 4.69) is 0 Å². The molecule has 1 aliphatic rings. The highest BCUT2D eigenvalue weighted by Crippen LogP contribution is 2.18. The van der Waals surface area contributed by atoms with Gasteiger partial charge in [0, 0.05) is 0 Å². The van der Waals surface area contributed by atoms with Crippen LogP contribution in [0.25, 0.3) is 0 Å². The van der Waals surface area contributed by atoms with Gasteiger partial charge in [-0.15, -0.1) is 0 Å². The zero-order valence-corrected chi connectivity index (χ0v) is 6.41. The largest absolute Gasteiger partial charge is 0.389 e. The Hall–Kier alpha value is -0.240. The molecule has 1 aliphatic carbocycles. The summed E-state index contributed by atoms with van der Waals surface area (Å²) in [5.74, 6) is 0. The molecule has 0 aromatic carbocycles. The van der Waals surface area contributed by atoms with Gasteiger partial charge in [-0.25, -0.2) is 0 Å². The Morgan fingerprint density at radius 3 is 0.917 bits per heavy atom. The van der Waals surface area contributed by atoms with Crippen molar-refractivity contribution in [3.63, 3.8) is 0 Å². The van der Waals surface area contributed by atoms with Crippen LogP contribution in [-0.4, -0.2) is 56.9 Å². The number of hydrogen-bond acceptors (Lipinski definition) is 6. The molecule has 1 rings (SSSR count). The first-order valence-corrected chi connectivity index (χ1v) is 3.70. The van der Waals surface area contributed by atoms with Gasteiger partial charge in [0.05, 0.1) is 36.5 Å². The second kappa shape index (κ2) is 3.25. The first-order chi connectivity index (χ1) is 5.46. The van der Waals surface area contributed by atoms with Crippen molar-refractivity contribution in [1.82, 2.24) is 0 Å². The van der Waals surface area contributed by atoms with Gasteiger partial charge in [0.15, 0.2) is 0 Å². The standard InChI is InChI=1S/C6H14N2O4/c7-1-3(9)5(11)2(8)6(12)4(1)10/h1-6,9-12H,7-8H2/t1?,2?,3-,4-,5-,6+/m1/s1. The Morgan fingerprint density at radius 2 is 0.750 bits per heavy atom. The third-order valence-corrected chi connectivity index (χ3v) is 2.28. The number of aliphatic hydroxyl groups is 4. The monoisotopic (exact) mass is 178 g/mol. The summed E-state index contributed by atoms with van der Waals surface area (Å²) in [6.07, 6.45) is -5.17. The van der Waals surface area contributed by atoms with Gasteiger partial charge in [0.25, 0.3) is 0 Å². The first kappa shape index (κ1) is 9.85. The van der Waals surface area contributed by atoms with Crippen molar-refractivity contribution in [2.24, 2.45) is 11.5 Å². The molecular formula is C6H14N2O4. The number of hydrogen-bond donors (Lipinski definition) is 6. The first-order valence-electron chi connectivity index (χ1n) is 3.70. The van der Waals surface area contributed by atoms with E-state index < -0.39 is 36.5 Å². The third kappa shape index (κ3) is 1.33. The fourth-order valence-corrected chi connectivity index (χ4v) is 1.31. The van der Waals surface area contributed by atoms with Gasteiger partial charge in [-0.2, -0.15) is 0 Å². The van der Waals surface area contributed by atoms with E-state index in [1.54, 1.807) is 0 Å². The Kier molecular flexibility index (Phi) is 2.67. The summed E-state index contributed by atoms with van der Waals surface area (Å²) in [5, 5.41) is 36.7. The van der Waals surface area contributed by atoms with Crippen LogP contribution in [0.2, 0.25) is 0 Å². The van der Waals surface area contributed by atoms with E-state index in [0.29, 0.717) is 0 Å². The van der Waals surface area contributed by atoms with Crippen molar-refractivity contribution in [3.05, 3.63) is 0 Å². The lowest BCUT2D eigenvalue weighted by Gasteiger charge is -2.40. The summed E-state index contributed by atoms with van der Waals surface area (Å²) in [4.78, 5) is 0. The fraction of sp³-hybridized carbons (Fsp3) is 1.00. The molecule has 6 heteroatoms.